The van der Waals surface area contributed by atoms with Crippen molar-refractivity contribution in [3.63, 3.8) is 0 Å². The van der Waals surface area contributed by atoms with Gasteiger partial charge in [-0.05, 0) is 37.8 Å². The summed E-state index contributed by atoms with van der Waals surface area (Å²) in [5.74, 6) is 1.54. The molecule has 2 aliphatic rings. The monoisotopic (exact) mass is 502 g/mol. The van der Waals surface area contributed by atoms with Crippen LogP contribution in [0.3, 0.4) is 0 Å². The fraction of sp³-hybridized carbons (Fsp3) is 0.571. The van der Waals surface area contributed by atoms with Gasteiger partial charge in [0.2, 0.25) is 0 Å². The zero-order valence-corrected chi connectivity index (χ0v) is 18.6. The van der Waals surface area contributed by atoms with Gasteiger partial charge in [-0.3, -0.25) is 9.30 Å². The van der Waals surface area contributed by atoms with Crippen molar-refractivity contribution in [3.8, 4) is 0 Å². The van der Waals surface area contributed by atoms with Gasteiger partial charge in [0, 0.05) is 25.3 Å². The number of nitrogens with one attached hydrogen (secondary N) is 1. The lowest BCUT2D eigenvalue weighted by Gasteiger charge is -2.38. The van der Waals surface area contributed by atoms with Crippen molar-refractivity contribution in [2.45, 2.75) is 62.7 Å². The number of nitrogens with two attached hydrogens (primary N) is 1. The molecule has 3 aromatic rings. The van der Waals surface area contributed by atoms with Crippen LogP contribution in [0.2, 0.25) is 0 Å². The largest absolute Gasteiger partial charge is 0.434 e. The lowest BCUT2D eigenvalue weighted by Crippen LogP contribution is -2.47. The van der Waals surface area contributed by atoms with E-state index in [-0.39, 0.29) is 24.8 Å². The van der Waals surface area contributed by atoms with Crippen molar-refractivity contribution >= 4 is 11.5 Å². The maximum absolute atomic E-state index is 13.1. The molecule has 1 saturated carbocycles. The van der Waals surface area contributed by atoms with Crippen LogP contribution >= 0.6 is 0 Å². The Morgan fingerprint density at radius 1 is 1.06 bits per heavy atom. The third-order valence-electron chi connectivity index (χ3n) is 6.69. The zero-order chi connectivity index (χ0) is 25.0. The zero-order valence-electron chi connectivity index (χ0n) is 18.6. The molecule has 0 amide bonds. The lowest BCUT2D eigenvalue weighted by atomic mass is 9.79. The molecule has 3 N–H and O–H groups in total. The topological polar surface area (TPSA) is 89.3 Å². The highest BCUT2D eigenvalue weighted by atomic mass is 19.4. The van der Waals surface area contributed by atoms with Gasteiger partial charge in [-0.1, -0.05) is 6.07 Å². The van der Waals surface area contributed by atoms with E-state index in [1.807, 2.05) is 4.57 Å². The smallest absolute Gasteiger partial charge is 0.368 e. The average molecular weight is 502 g/mol. The molecule has 0 radical (unpaired) electrons. The fourth-order valence-corrected chi connectivity index (χ4v) is 4.94. The summed E-state index contributed by atoms with van der Waals surface area (Å²) in [6.07, 6.45) is -5.48. The van der Waals surface area contributed by atoms with Crippen LogP contribution in [-0.2, 0) is 24.8 Å². The molecule has 3 aromatic heterocycles. The highest BCUT2D eigenvalue weighted by Gasteiger charge is 2.40. The van der Waals surface area contributed by atoms with E-state index in [9.17, 15) is 26.3 Å². The van der Waals surface area contributed by atoms with Gasteiger partial charge in [0.05, 0.1) is 18.6 Å². The number of imidazole rings is 1. The summed E-state index contributed by atoms with van der Waals surface area (Å²) in [7, 11) is 0. The molecule has 4 heterocycles. The molecule has 1 aliphatic heterocycles. The molecular formula is C21H24F6N8. The van der Waals surface area contributed by atoms with E-state index in [1.54, 1.807) is 12.1 Å². The van der Waals surface area contributed by atoms with Gasteiger partial charge in [-0.25, -0.2) is 4.98 Å². The van der Waals surface area contributed by atoms with Crippen molar-refractivity contribution in [2.24, 2.45) is 5.73 Å². The van der Waals surface area contributed by atoms with E-state index in [0.29, 0.717) is 49.7 Å². The molecule has 1 fully saturated rings. The number of rotatable bonds is 4. The van der Waals surface area contributed by atoms with Crippen molar-refractivity contribution < 1.29 is 26.3 Å². The molecule has 0 spiro atoms. The summed E-state index contributed by atoms with van der Waals surface area (Å²) < 4.78 is 80.7. The van der Waals surface area contributed by atoms with E-state index in [4.69, 9.17) is 5.73 Å². The van der Waals surface area contributed by atoms with Gasteiger partial charge in [0.25, 0.3) is 0 Å². The highest BCUT2D eigenvalue weighted by Crippen LogP contribution is 2.36. The Hall–Kier alpha value is -2.87. The van der Waals surface area contributed by atoms with Crippen LogP contribution in [0.5, 0.6) is 0 Å². The number of hydrogen-bond donors (Lipinski definition) is 2. The fourth-order valence-electron chi connectivity index (χ4n) is 4.94. The average Bonchev–Trinajstić information content (AvgIpc) is 3.39. The van der Waals surface area contributed by atoms with Gasteiger partial charge in [-0.15, -0.1) is 10.2 Å². The number of anilines is 1. The van der Waals surface area contributed by atoms with Crippen LogP contribution in [0.25, 0.3) is 5.65 Å². The Kier molecular flexibility index (Phi) is 5.70. The highest BCUT2D eigenvalue weighted by molar-refractivity contribution is 5.51. The van der Waals surface area contributed by atoms with Gasteiger partial charge in [-0.2, -0.15) is 26.3 Å². The maximum Gasteiger partial charge on any atom is 0.434 e. The SMILES string of the molecule is NC1(c2nnc3n2CCN(CC(F)(F)F)C3)CCC(Nc2cccc3nc(C(F)(F)F)cn23)CC1. The van der Waals surface area contributed by atoms with Crippen LogP contribution in [0.15, 0.2) is 24.4 Å². The normalized spacial score (nSPS) is 24.0. The number of hydrogen-bond acceptors (Lipinski definition) is 6. The quantitative estimate of drug-likeness (QED) is 0.531. The minimum absolute atomic E-state index is 0.0277. The molecule has 190 valence electrons. The lowest BCUT2D eigenvalue weighted by molar-refractivity contribution is -0.149. The maximum atomic E-state index is 13.1. The summed E-state index contributed by atoms with van der Waals surface area (Å²) in [5, 5.41) is 11.7. The minimum Gasteiger partial charge on any atom is -0.368 e. The van der Waals surface area contributed by atoms with Crippen molar-refractivity contribution in [1.82, 2.24) is 29.0 Å². The van der Waals surface area contributed by atoms with Crippen LogP contribution in [0.1, 0.15) is 43.0 Å². The standard InChI is InChI=1S/C21H24F6N8/c22-20(23,24)12-33-8-9-34-17(11-33)31-32-18(34)19(28)6-4-13(5-7-19)29-15-2-1-3-16-30-14(10-35(15)16)21(25,26)27/h1-3,10,13,29H,4-9,11-12,28H2. The first-order valence-corrected chi connectivity index (χ1v) is 11.2. The van der Waals surface area contributed by atoms with Crippen LogP contribution in [0, 0.1) is 0 Å². The van der Waals surface area contributed by atoms with E-state index >= 15 is 0 Å². The molecule has 14 heteroatoms. The van der Waals surface area contributed by atoms with E-state index < -0.39 is 30.1 Å². The Bertz CT molecular complexity index is 1200. The minimum atomic E-state index is -4.53. The van der Waals surface area contributed by atoms with Gasteiger partial charge in [0.15, 0.2) is 11.5 Å². The molecule has 5 rings (SSSR count). The van der Waals surface area contributed by atoms with Gasteiger partial charge in [0.1, 0.15) is 17.3 Å². The van der Waals surface area contributed by atoms with E-state index in [2.05, 4.69) is 20.5 Å². The Labute approximate surface area is 196 Å². The summed E-state index contributed by atoms with van der Waals surface area (Å²) in [5.41, 5.74) is 5.16. The number of aromatic nitrogens is 5. The summed E-state index contributed by atoms with van der Waals surface area (Å²) in [6, 6.07) is 4.82. The molecule has 35 heavy (non-hydrogen) atoms. The second-order valence-corrected chi connectivity index (χ2v) is 9.26. The van der Waals surface area contributed by atoms with Gasteiger partial charge < -0.3 is 15.6 Å². The predicted octanol–water partition coefficient (Wildman–Crippen LogP) is 3.53. The number of halogens is 6. The van der Waals surface area contributed by atoms with Gasteiger partial charge >= 0.3 is 12.4 Å². The number of alkyl halides is 6. The molecule has 0 atom stereocenters. The van der Waals surface area contributed by atoms with Crippen molar-refractivity contribution in [2.75, 3.05) is 18.4 Å². The second-order valence-electron chi connectivity index (χ2n) is 9.26. The summed E-state index contributed by atoms with van der Waals surface area (Å²) in [6.45, 7) is -0.378. The first-order valence-electron chi connectivity index (χ1n) is 11.2. The number of fused-ring (bicyclic) bond motifs is 2. The summed E-state index contributed by atoms with van der Waals surface area (Å²) in [4.78, 5) is 4.94. The molecule has 0 aromatic carbocycles. The predicted molar refractivity (Wildman–Crippen MR) is 113 cm³/mol. The van der Waals surface area contributed by atoms with Crippen LogP contribution < -0.4 is 11.1 Å². The Balaban J connectivity index is 1.26. The Morgan fingerprint density at radius 3 is 2.49 bits per heavy atom. The molecule has 0 unspecified atom stereocenters. The van der Waals surface area contributed by atoms with Crippen LogP contribution in [-0.4, -0.2) is 54.4 Å². The van der Waals surface area contributed by atoms with Crippen molar-refractivity contribution in [3.05, 3.63) is 41.7 Å². The molecular weight excluding hydrogens is 478 g/mol. The number of nitrogens with zero attached hydrogens (tertiary/aromatic N) is 6. The Morgan fingerprint density at radius 2 is 1.80 bits per heavy atom. The first kappa shape index (κ1) is 23.9. The molecule has 0 bridgehead atoms. The number of pyridine rings is 1. The van der Waals surface area contributed by atoms with Crippen LogP contribution in [0.4, 0.5) is 32.2 Å². The third-order valence-corrected chi connectivity index (χ3v) is 6.69. The second kappa shape index (κ2) is 8.36. The van der Waals surface area contributed by atoms with E-state index in [1.165, 1.54) is 15.4 Å². The molecule has 8 nitrogen and oxygen atoms in total. The van der Waals surface area contributed by atoms with E-state index in [0.717, 1.165) is 6.20 Å². The summed E-state index contributed by atoms with van der Waals surface area (Å²) >= 11 is 0. The first-order chi connectivity index (χ1) is 16.4. The van der Waals surface area contributed by atoms with Crippen molar-refractivity contribution in [1.29, 1.82) is 0 Å². The molecule has 0 saturated heterocycles. The molecule has 1 aliphatic carbocycles. The third kappa shape index (κ3) is 4.81.